The lowest BCUT2D eigenvalue weighted by Gasteiger charge is -2.07. The standard InChI is InChI=1S/C10H15FN2O3S/c1-17(15,16)13-5-4-12-7-8-6-9(11)2-3-10(8)14/h2-3,6,12-14H,4-5,7H2,1H3. The van der Waals surface area contributed by atoms with Crippen LogP contribution in [0.2, 0.25) is 0 Å². The highest BCUT2D eigenvalue weighted by atomic mass is 32.2. The van der Waals surface area contributed by atoms with Crippen molar-refractivity contribution in [2.24, 2.45) is 0 Å². The largest absolute Gasteiger partial charge is 0.508 e. The minimum Gasteiger partial charge on any atom is -0.508 e. The summed E-state index contributed by atoms with van der Waals surface area (Å²) in [5, 5.41) is 12.3. The van der Waals surface area contributed by atoms with E-state index in [1.807, 2.05) is 0 Å². The highest BCUT2D eigenvalue weighted by molar-refractivity contribution is 7.88. The van der Waals surface area contributed by atoms with Crippen LogP contribution in [-0.2, 0) is 16.6 Å². The van der Waals surface area contributed by atoms with Crippen LogP contribution in [0.15, 0.2) is 18.2 Å². The number of hydrogen-bond donors (Lipinski definition) is 3. The highest BCUT2D eigenvalue weighted by Crippen LogP contribution is 2.17. The zero-order chi connectivity index (χ0) is 12.9. The van der Waals surface area contributed by atoms with E-state index in [0.717, 1.165) is 6.26 Å². The zero-order valence-electron chi connectivity index (χ0n) is 9.40. The van der Waals surface area contributed by atoms with E-state index < -0.39 is 15.8 Å². The van der Waals surface area contributed by atoms with Crippen LogP contribution in [0, 0.1) is 5.82 Å². The SMILES string of the molecule is CS(=O)(=O)NCCNCc1cc(F)ccc1O. The highest BCUT2D eigenvalue weighted by Gasteiger charge is 2.03. The lowest BCUT2D eigenvalue weighted by atomic mass is 10.2. The van der Waals surface area contributed by atoms with Gasteiger partial charge in [0, 0.05) is 25.2 Å². The molecule has 1 aromatic rings. The van der Waals surface area contributed by atoms with Crippen molar-refractivity contribution in [3.8, 4) is 5.75 Å². The van der Waals surface area contributed by atoms with Gasteiger partial charge in [-0.25, -0.2) is 17.5 Å². The summed E-state index contributed by atoms with van der Waals surface area (Å²) in [6.07, 6.45) is 1.07. The van der Waals surface area contributed by atoms with Gasteiger partial charge in [0.15, 0.2) is 0 Å². The number of benzene rings is 1. The van der Waals surface area contributed by atoms with Crippen LogP contribution in [0.3, 0.4) is 0 Å². The Balaban J connectivity index is 2.34. The monoisotopic (exact) mass is 262 g/mol. The minimum atomic E-state index is -3.18. The first-order valence-electron chi connectivity index (χ1n) is 5.01. The van der Waals surface area contributed by atoms with E-state index in [1.165, 1.54) is 18.2 Å². The molecule has 17 heavy (non-hydrogen) atoms. The smallest absolute Gasteiger partial charge is 0.208 e. The van der Waals surface area contributed by atoms with Crippen molar-refractivity contribution in [2.75, 3.05) is 19.3 Å². The lowest BCUT2D eigenvalue weighted by molar-refractivity contribution is 0.461. The van der Waals surface area contributed by atoms with E-state index in [9.17, 15) is 17.9 Å². The summed E-state index contributed by atoms with van der Waals surface area (Å²) in [6.45, 7) is 0.910. The molecule has 0 spiro atoms. The third-order valence-corrected chi connectivity index (χ3v) is 2.75. The number of hydrogen-bond acceptors (Lipinski definition) is 4. The third-order valence-electron chi connectivity index (χ3n) is 2.02. The molecule has 0 atom stereocenters. The van der Waals surface area contributed by atoms with Gasteiger partial charge in [0.2, 0.25) is 10.0 Å². The Bertz CT molecular complexity index is 476. The number of phenolic OH excluding ortho intramolecular Hbond substituents is 1. The first-order valence-corrected chi connectivity index (χ1v) is 6.90. The lowest BCUT2D eigenvalue weighted by Crippen LogP contribution is -2.30. The molecule has 1 rings (SSSR count). The fraction of sp³-hybridized carbons (Fsp3) is 0.400. The number of rotatable bonds is 6. The van der Waals surface area contributed by atoms with E-state index in [1.54, 1.807) is 0 Å². The van der Waals surface area contributed by atoms with E-state index in [2.05, 4.69) is 10.0 Å². The quantitative estimate of drug-likeness (QED) is 0.639. The first-order chi connectivity index (χ1) is 7.88. The molecule has 0 saturated carbocycles. The van der Waals surface area contributed by atoms with Crippen molar-refractivity contribution in [1.82, 2.24) is 10.0 Å². The van der Waals surface area contributed by atoms with E-state index in [4.69, 9.17) is 0 Å². The van der Waals surface area contributed by atoms with Crippen LogP contribution in [0.5, 0.6) is 5.75 Å². The molecule has 0 heterocycles. The second-order valence-corrected chi connectivity index (χ2v) is 5.45. The number of sulfonamides is 1. The average molecular weight is 262 g/mol. The molecule has 0 aliphatic heterocycles. The van der Waals surface area contributed by atoms with Gasteiger partial charge in [0.05, 0.1) is 6.26 Å². The molecule has 0 aromatic heterocycles. The van der Waals surface area contributed by atoms with Crippen LogP contribution < -0.4 is 10.0 Å². The Labute approximate surface area is 99.7 Å². The molecule has 0 fully saturated rings. The van der Waals surface area contributed by atoms with Gasteiger partial charge < -0.3 is 10.4 Å². The Morgan fingerprint density at radius 3 is 2.71 bits per heavy atom. The molecule has 0 aliphatic rings. The maximum Gasteiger partial charge on any atom is 0.208 e. The van der Waals surface area contributed by atoms with Gasteiger partial charge in [-0.1, -0.05) is 0 Å². The molecule has 0 amide bonds. The summed E-state index contributed by atoms with van der Waals surface area (Å²) in [4.78, 5) is 0. The van der Waals surface area contributed by atoms with Gasteiger partial charge in [-0.2, -0.15) is 0 Å². The zero-order valence-corrected chi connectivity index (χ0v) is 10.2. The van der Waals surface area contributed by atoms with E-state index in [0.29, 0.717) is 12.1 Å². The maximum absolute atomic E-state index is 12.8. The van der Waals surface area contributed by atoms with Crippen LogP contribution >= 0.6 is 0 Å². The number of halogens is 1. The summed E-state index contributed by atoms with van der Waals surface area (Å²) in [5.41, 5.74) is 0.435. The molecule has 0 unspecified atom stereocenters. The molecule has 0 aliphatic carbocycles. The van der Waals surface area contributed by atoms with Crippen molar-refractivity contribution in [3.05, 3.63) is 29.6 Å². The normalized spacial score (nSPS) is 11.6. The summed E-state index contributed by atoms with van der Waals surface area (Å²) in [5.74, 6) is -0.413. The van der Waals surface area contributed by atoms with Gasteiger partial charge in [-0.05, 0) is 18.2 Å². The Kier molecular flexibility index (Phi) is 4.86. The summed E-state index contributed by atoms with van der Waals surface area (Å²) in [6, 6.07) is 3.68. The fourth-order valence-corrected chi connectivity index (χ4v) is 1.72. The molecule has 96 valence electrons. The van der Waals surface area contributed by atoms with Crippen LogP contribution in [0.4, 0.5) is 4.39 Å². The molecule has 3 N–H and O–H groups in total. The van der Waals surface area contributed by atoms with E-state index >= 15 is 0 Å². The average Bonchev–Trinajstić information content (AvgIpc) is 2.21. The Morgan fingerprint density at radius 2 is 2.06 bits per heavy atom. The number of nitrogens with one attached hydrogen (secondary N) is 2. The van der Waals surface area contributed by atoms with Gasteiger partial charge >= 0.3 is 0 Å². The third kappa shape index (κ3) is 5.62. The number of aromatic hydroxyl groups is 1. The fourth-order valence-electron chi connectivity index (χ4n) is 1.24. The van der Waals surface area contributed by atoms with Gasteiger partial charge in [-0.15, -0.1) is 0 Å². The minimum absolute atomic E-state index is 0.00923. The maximum atomic E-state index is 12.8. The summed E-state index contributed by atoms with van der Waals surface area (Å²) >= 11 is 0. The topological polar surface area (TPSA) is 78.4 Å². The molecule has 7 heteroatoms. The first kappa shape index (κ1) is 13.9. The Morgan fingerprint density at radius 1 is 1.35 bits per heavy atom. The summed E-state index contributed by atoms with van der Waals surface area (Å²) < 4.78 is 36.6. The second-order valence-electron chi connectivity index (χ2n) is 3.62. The molecule has 5 nitrogen and oxygen atoms in total. The van der Waals surface area contributed by atoms with E-state index in [-0.39, 0.29) is 18.8 Å². The van der Waals surface area contributed by atoms with Crippen molar-refractivity contribution < 1.29 is 17.9 Å². The van der Waals surface area contributed by atoms with Crippen LogP contribution in [0.1, 0.15) is 5.56 Å². The molecular weight excluding hydrogens is 247 g/mol. The predicted molar refractivity (Wildman–Crippen MR) is 62.6 cm³/mol. The van der Waals surface area contributed by atoms with Crippen LogP contribution in [-0.4, -0.2) is 32.9 Å². The molecule has 1 aromatic carbocycles. The second kappa shape index (κ2) is 5.95. The van der Waals surface area contributed by atoms with Crippen molar-refractivity contribution in [3.63, 3.8) is 0 Å². The molecular formula is C10H15FN2O3S. The molecule has 0 bridgehead atoms. The predicted octanol–water partition coefficient (Wildman–Crippen LogP) is 0.170. The van der Waals surface area contributed by atoms with Gasteiger partial charge in [0.25, 0.3) is 0 Å². The van der Waals surface area contributed by atoms with Gasteiger partial charge in [-0.3, -0.25) is 0 Å². The Hall–Kier alpha value is -1.18. The van der Waals surface area contributed by atoms with Crippen molar-refractivity contribution in [1.29, 1.82) is 0 Å². The van der Waals surface area contributed by atoms with Crippen molar-refractivity contribution in [2.45, 2.75) is 6.54 Å². The molecule has 0 saturated heterocycles. The van der Waals surface area contributed by atoms with Gasteiger partial charge in [0.1, 0.15) is 11.6 Å². The molecule has 0 radical (unpaired) electrons. The summed E-state index contributed by atoms with van der Waals surface area (Å²) in [7, 11) is -3.18. The van der Waals surface area contributed by atoms with Crippen molar-refractivity contribution >= 4 is 10.0 Å². The van der Waals surface area contributed by atoms with Crippen LogP contribution in [0.25, 0.3) is 0 Å². The number of phenols is 1.